The Balaban J connectivity index is 1.94. The van der Waals surface area contributed by atoms with Crippen LogP contribution in [-0.4, -0.2) is 34.2 Å². The molecule has 0 aliphatic heterocycles. The molecule has 4 atom stereocenters. The summed E-state index contributed by atoms with van der Waals surface area (Å²) in [5, 5.41) is 20.6. The number of carboxylic acids is 1. The maximum absolute atomic E-state index is 11.9. The molecule has 0 aromatic heterocycles. The highest BCUT2D eigenvalue weighted by molar-refractivity contribution is 5.87. The molecule has 5 nitrogen and oxygen atoms in total. The van der Waals surface area contributed by atoms with Crippen LogP contribution >= 0.6 is 0 Å². The lowest BCUT2D eigenvalue weighted by molar-refractivity contribution is -0.145. The lowest BCUT2D eigenvalue weighted by Gasteiger charge is -2.17. The highest BCUT2D eigenvalue weighted by Gasteiger charge is 2.45. The van der Waals surface area contributed by atoms with E-state index in [2.05, 4.69) is 5.32 Å². The molecule has 1 fully saturated rings. The summed E-state index contributed by atoms with van der Waals surface area (Å²) in [4.78, 5) is 22.8. The number of benzene rings is 1. The summed E-state index contributed by atoms with van der Waals surface area (Å²) in [5.74, 6) is -1.56. The zero-order valence-corrected chi connectivity index (χ0v) is 10.6. The molecule has 1 saturated carbocycles. The average molecular weight is 263 g/mol. The third kappa shape index (κ3) is 3.12. The number of aliphatic hydroxyl groups excluding tert-OH is 1. The summed E-state index contributed by atoms with van der Waals surface area (Å²) in [6.07, 6.45) is -0.391. The summed E-state index contributed by atoms with van der Waals surface area (Å²) in [6, 6.07) is 8.42. The van der Waals surface area contributed by atoms with Crippen LogP contribution < -0.4 is 5.32 Å². The number of aliphatic hydroxyl groups is 1. The quantitative estimate of drug-likeness (QED) is 0.731. The van der Waals surface area contributed by atoms with Gasteiger partial charge in [-0.05, 0) is 24.8 Å². The first-order chi connectivity index (χ1) is 9.00. The van der Waals surface area contributed by atoms with Gasteiger partial charge in [0.05, 0.1) is 6.10 Å². The number of aliphatic carboxylic acids is 1. The van der Waals surface area contributed by atoms with E-state index in [1.807, 2.05) is 30.3 Å². The fourth-order valence-corrected chi connectivity index (χ4v) is 2.20. The molecule has 0 saturated heterocycles. The second kappa shape index (κ2) is 5.40. The number of amides is 1. The molecule has 0 radical (unpaired) electrons. The Bertz CT molecular complexity index is 472. The van der Waals surface area contributed by atoms with Crippen LogP contribution in [0.15, 0.2) is 30.3 Å². The third-order valence-corrected chi connectivity index (χ3v) is 3.40. The van der Waals surface area contributed by atoms with Gasteiger partial charge in [-0.3, -0.25) is 4.79 Å². The van der Waals surface area contributed by atoms with Gasteiger partial charge < -0.3 is 15.5 Å². The molecule has 102 valence electrons. The summed E-state index contributed by atoms with van der Waals surface area (Å²) < 4.78 is 0. The lowest BCUT2D eigenvalue weighted by Crippen LogP contribution is -2.48. The Kier molecular flexibility index (Phi) is 3.85. The van der Waals surface area contributed by atoms with E-state index in [1.54, 1.807) is 0 Å². The van der Waals surface area contributed by atoms with Gasteiger partial charge in [0.2, 0.25) is 5.91 Å². The minimum Gasteiger partial charge on any atom is -0.480 e. The van der Waals surface area contributed by atoms with Crippen LogP contribution in [-0.2, 0) is 9.59 Å². The van der Waals surface area contributed by atoms with Crippen LogP contribution in [0.3, 0.4) is 0 Å². The van der Waals surface area contributed by atoms with Crippen molar-refractivity contribution in [3.05, 3.63) is 35.9 Å². The van der Waals surface area contributed by atoms with Crippen molar-refractivity contribution in [3.8, 4) is 0 Å². The smallest absolute Gasteiger partial charge is 0.328 e. The standard InChI is InChI=1S/C14H17NO4/c1-8(16)12(14(18)19)15-13(17)11-7-10(11)9-5-3-2-4-6-9/h2-6,8,10-12,16H,7H2,1H3,(H,15,17)(H,18,19)/t8-,10?,11?,12+/m1/s1. The number of hydrogen-bond donors (Lipinski definition) is 3. The van der Waals surface area contributed by atoms with Crippen molar-refractivity contribution in [2.75, 3.05) is 0 Å². The topological polar surface area (TPSA) is 86.6 Å². The van der Waals surface area contributed by atoms with Crippen LogP contribution in [0.25, 0.3) is 0 Å². The SMILES string of the molecule is C[C@@H](O)[C@H](NC(=O)C1CC1c1ccccc1)C(=O)O. The van der Waals surface area contributed by atoms with Crippen molar-refractivity contribution >= 4 is 11.9 Å². The van der Waals surface area contributed by atoms with Gasteiger partial charge in [-0.15, -0.1) is 0 Å². The van der Waals surface area contributed by atoms with E-state index < -0.39 is 18.1 Å². The Labute approximate surface area is 111 Å². The molecular weight excluding hydrogens is 246 g/mol. The maximum Gasteiger partial charge on any atom is 0.328 e. The van der Waals surface area contributed by atoms with Crippen LogP contribution in [0, 0.1) is 5.92 Å². The van der Waals surface area contributed by atoms with Crippen molar-refractivity contribution < 1.29 is 19.8 Å². The molecule has 1 aliphatic rings. The predicted molar refractivity (Wildman–Crippen MR) is 68.5 cm³/mol. The number of carbonyl (C=O) groups is 2. The van der Waals surface area contributed by atoms with E-state index >= 15 is 0 Å². The van der Waals surface area contributed by atoms with Crippen molar-refractivity contribution in [1.29, 1.82) is 0 Å². The number of hydrogen-bond acceptors (Lipinski definition) is 3. The number of rotatable bonds is 5. The van der Waals surface area contributed by atoms with E-state index in [9.17, 15) is 14.7 Å². The molecule has 19 heavy (non-hydrogen) atoms. The van der Waals surface area contributed by atoms with Gasteiger partial charge in [-0.2, -0.15) is 0 Å². The first-order valence-electron chi connectivity index (χ1n) is 6.27. The van der Waals surface area contributed by atoms with Crippen LogP contribution in [0.1, 0.15) is 24.8 Å². The minimum atomic E-state index is -1.25. The highest BCUT2D eigenvalue weighted by Crippen LogP contribution is 2.47. The Morgan fingerprint density at radius 2 is 1.95 bits per heavy atom. The molecule has 3 N–H and O–H groups in total. The van der Waals surface area contributed by atoms with E-state index in [-0.39, 0.29) is 17.7 Å². The summed E-state index contributed by atoms with van der Waals surface area (Å²) >= 11 is 0. The zero-order valence-electron chi connectivity index (χ0n) is 10.6. The summed E-state index contributed by atoms with van der Waals surface area (Å²) in [6.45, 7) is 1.35. The Morgan fingerprint density at radius 1 is 1.32 bits per heavy atom. The first-order valence-corrected chi connectivity index (χ1v) is 6.27. The monoisotopic (exact) mass is 263 g/mol. The average Bonchev–Trinajstić information content (AvgIpc) is 3.16. The predicted octanol–water partition coefficient (Wildman–Crippen LogP) is 0.740. The van der Waals surface area contributed by atoms with Crippen LogP contribution in [0.4, 0.5) is 0 Å². The minimum absolute atomic E-state index is 0.157. The van der Waals surface area contributed by atoms with E-state index in [1.165, 1.54) is 6.92 Å². The van der Waals surface area contributed by atoms with Crippen LogP contribution in [0.5, 0.6) is 0 Å². The first kappa shape index (κ1) is 13.5. The van der Waals surface area contributed by atoms with Gasteiger partial charge in [-0.1, -0.05) is 30.3 Å². The molecule has 1 aliphatic carbocycles. The third-order valence-electron chi connectivity index (χ3n) is 3.40. The van der Waals surface area contributed by atoms with Gasteiger partial charge in [0.15, 0.2) is 6.04 Å². The molecule has 0 spiro atoms. The van der Waals surface area contributed by atoms with Crippen molar-refractivity contribution in [1.82, 2.24) is 5.32 Å². The van der Waals surface area contributed by atoms with Crippen molar-refractivity contribution in [2.45, 2.75) is 31.4 Å². The molecule has 1 aromatic carbocycles. The van der Waals surface area contributed by atoms with Crippen molar-refractivity contribution in [3.63, 3.8) is 0 Å². The number of carboxylic acid groups (broad SMARTS) is 1. The molecule has 2 unspecified atom stereocenters. The second-order valence-electron chi connectivity index (χ2n) is 4.92. The van der Waals surface area contributed by atoms with Crippen LogP contribution in [0.2, 0.25) is 0 Å². The van der Waals surface area contributed by atoms with Gasteiger partial charge in [-0.25, -0.2) is 4.79 Å². The molecular formula is C14H17NO4. The van der Waals surface area contributed by atoms with E-state index in [0.29, 0.717) is 0 Å². The Morgan fingerprint density at radius 3 is 2.47 bits per heavy atom. The van der Waals surface area contributed by atoms with Gasteiger partial charge in [0, 0.05) is 5.92 Å². The lowest BCUT2D eigenvalue weighted by atomic mass is 10.1. The molecule has 0 bridgehead atoms. The normalized spacial score (nSPS) is 24.3. The van der Waals surface area contributed by atoms with Crippen molar-refractivity contribution in [2.24, 2.45) is 5.92 Å². The van der Waals surface area contributed by atoms with Gasteiger partial charge >= 0.3 is 5.97 Å². The molecule has 1 aromatic rings. The highest BCUT2D eigenvalue weighted by atomic mass is 16.4. The second-order valence-corrected chi connectivity index (χ2v) is 4.92. The molecule has 2 rings (SSSR count). The summed E-state index contributed by atoms with van der Waals surface area (Å²) in [7, 11) is 0. The maximum atomic E-state index is 11.9. The Hall–Kier alpha value is -1.88. The van der Waals surface area contributed by atoms with Gasteiger partial charge in [0.25, 0.3) is 0 Å². The zero-order chi connectivity index (χ0) is 14.0. The number of nitrogens with one attached hydrogen (secondary N) is 1. The molecule has 5 heteroatoms. The summed E-state index contributed by atoms with van der Waals surface area (Å²) in [5.41, 5.74) is 1.09. The molecule has 1 amide bonds. The van der Waals surface area contributed by atoms with E-state index in [4.69, 9.17) is 5.11 Å². The number of carbonyl (C=O) groups excluding carboxylic acids is 1. The molecule has 0 heterocycles. The fourth-order valence-electron chi connectivity index (χ4n) is 2.20. The van der Waals surface area contributed by atoms with E-state index in [0.717, 1.165) is 12.0 Å². The van der Waals surface area contributed by atoms with Gasteiger partial charge in [0.1, 0.15) is 0 Å². The largest absolute Gasteiger partial charge is 0.480 e. The fraction of sp³-hybridized carbons (Fsp3) is 0.429.